The molecule has 2 rings (SSSR count). The molecule has 1 aliphatic rings. The predicted octanol–water partition coefficient (Wildman–Crippen LogP) is 2.67. The van der Waals surface area contributed by atoms with Gasteiger partial charge in [-0.1, -0.05) is 24.3 Å². The largest absolute Gasteiger partial charge is 0.401 e. The lowest BCUT2D eigenvalue weighted by Crippen LogP contribution is -2.35. The Morgan fingerprint density at radius 1 is 1.22 bits per heavy atom. The molecule has 0 amide bonds. The average molecular weight is 258 g/mol. The van der Waals surface area contributed by atoms with Crippen molar-refractivity contribution in [3.8, 4) is 0 Å². The van der Waals surface area contributed by atoms with Crippen LogP contribution in [-0.4, -0.2) is 23.7 Å². The number of benzene rings is 1. The van der Waals surface area contributed by atoms with Gasteiger partial charge in [-0.15, -0.1) is 0 Å². The van der Waals surface area contributed by atoms with E-state index in [1.807, 2.05) is 24.3 Å². The Kier molecular flexibility index (Phi) is 3.92. The van der Waals surface area contributed by atoms with E-state index >= 15 is 0 Å². The molecule has 0 spiro atoms. The fourth-order valence-corrected chi connectivity index (χ4v) is 2.07. The predicted molar refractivity (Wildman–Crippen MR) is 63.8 cm³/mol. The first-order valence-corrected chi connectivity index (χ1v) is 6.06. The molecule has 1 saturated carbocycles. The van der Waals surface area contributed by atoms with E-state index in [0.29, 0.717) is 13.1 Å². The van der Waals surface area contributed by atoms with E-state index in [0.717, 1.165) is 24.0 Å². The summed E-state index contributed by atoms with van der Waals surface area (Å²) in [4.78, 5) is 1.51. The highest BCUT2D eigenvalue weighted by atomic mass is 19.4. The molecule has 0 aliphatic heterocycles. The summed E-state index contributed by atoms with van der Waals surface area (Å²) in [5.41, 5.74) is 7.38. The zero-order valence-corrected chi connectivity index (χ0v) is 10.1. The zero-order valence-electron chi connectivity index (χ0n) is 10.1. The second-order valence-electron chi connectivity index (χ2n) is 4.78. The molecule has 1 aromatic carbocycles. The van der Waals surface area contributed by atoms with E-state index in [2.05, 4.69) is 0 Å². The number of nitrogens with zero attached hydrogens (tertiary/aromatic N) is 1. The van der Waals surface area contributed by atoms with Crippen LogP contribution < -0.4 is 5.73 Å². The molecule has 0 radical (unpaired) electrons. The molecule has 2 nitrogen and oxygen atoms in total. The molecule has 0 atom stereocenters. The summed E-state index contributed by atoms with van der Waals surface area (Å²) in [6.45, 7) is -0.0704. The quantitative estimate of drug-likeness (QED) is 0.879. The fourth-order valence-electron chi connectivity index (χ4n) is 2.07. The third kappa shape index (κ3) is 3.99. The Bertz CT molecular complexity index is 399. The molecular weight excluding hydrogens is 241 g/mol. The SMILES string of the molecule is NCc1cccc(CN(CC(F)(F)F)C2CC2)c1. The van der Waals surface area contributed by atoms with Crippen molar-refractivity contribution < 1.29 is 13.2 Å². The molecule has 1 aliphatic carbocycles. The highest BCUT2D eigenvalue weighted by molar-refractivity contribution is 5.23. The van der Waals surface area contributed by atoms with Crippen LogP contribution in [0.2, 0.25) is 0 Å². The van der Waals surface area contributed by atoms with Gasteiger partial charge in [-0.25, -0.2) is 0 Å². The lowest BCUT2D eigenvalue weighted by atomic mass is 10.1. The normalized spacial score (nSPS) is 16.3. The molecule has 0 aromatic heterocycles. The third-order valence-electron chi connectivity index (χ3n) is 3.06. The van der Waals surface area contributed by atoms with Gasteiger partial charge >= 0.3 is 6.18 Å². The second kappa shape index (κ2) is 5.28. The molecule has 0 heterocycles. The highest BCUT2D eigenvalue weighted by Crippen LogP contribution is 2.31. The van der Waals surface area contributed by atoms with E-state index in [-0.39, 0.29) is 6.04 Å². The molecule has 5 heteroatoms. The standard InChI is InChI=1S/C13H17F3N2/c14-13(15,16)9-18(12-4-5-12)8-11-3-1-2-10(6-11)7-17/h1-3,6,12H,4-5,7-9,17H2. The Hall–Kier alpha value is -1.07. The van der Waals surface area contributed by atoms with Crippen molar-refractivity contribution in [3.63, 3.8) is 0 Å². The van der Waals surface area contributed by atoms with Gasteiger partial charge in [0.1, 0.15) is 0 Å². The summed E-state index contributed by atoms with van der Waals surface area (Å²) in [5, 5.41) is 0. The fraction of sp³-hybridized carbons (Fsp3) is 0.538. The van der Waals surface area contributed by atoms with Crippen molar-refractivity contribution >= 4 is 0 Å². The Labute approximate surface area is 105 Å². The van der Waals surface area contributed by atoms with Gasteiger partial charge in [0.2, 0.25) is 0 Å². The summed E-state index contributed by atoms with van der Waals surface area (Å²) in [6.07, 6.45) is -2.40. The summed E-state index contributed by atoms with van der Waals surface area (Å²) < 4.78 is 37.4. The van der Waals surface area contributed by atoms with Gasteiger partial charge in [0, 0.05) is 19.1 Å². The smallest absolute Gasteiger partial charge is 0.326 e. The van der Waals surface area contributed by atoms with Gasteiger partial charge in [-0.3, -0.25) is 4.90 Å². The summed E-state index contributed by atoms with van der Waals surface area (Å²) >= 11 is 0. The van der Waals surface area contributed by atoms with Crippen LogP contribution in [0.1, 0.15) is 24.0 Å². The van der Waals surface area contributed by atoms with Crippen LogP contribution in [-0.2, 0) is 13.1 Å². The van der Waals surface area contributed by atoms with Crippen LogP contribution in [0.25, 0.3) is 0 Å². The molecule has 1 aromatic rings. The van der Waals surface area contributed by atoms with Crippen molar-refractivity contribution in [2.24, 2.45) is 5.73 Å². The molecule has 0 unspecified atom stereocenters. The number of hydrogen-bond acceptors (Lipinski definition) is 2. The van der Waals surface area contributed by atoms with Crippen LogP contribution in [0.4, 0.5) is 13.2 Å². The molecule has 18 heavy (non-hydrogen) atoms. The average Bonchev–Trinajstić information content (AvgIpc) is 3.10. The Morgan fingerprint density at radius 2 is 1.89 bits per heavy atom. The van der Waals surface area contributed by atoms with Gasteiger partial charge < -0.3 is 5.73 Å². The molecule has 1 fully saturated rings. The van der Waals surface area contributed by atoms with Crippen LogP contribution in [0.5, 0.6) is 0 Å². The molecule has 0 saturated heterocycles. The lowest BCUT2D eigenvalue weighted by molar-refractivity contribution is -0.148. The second-order valence-corrected chi connectivity index (χ2v) is 4.78. The maximum atomic E-state index is 12.5. The van der Waals surface area contributed by atoms with E-state index in [1.54, 1.807) is 0 Å². The number of halogens is 3. The highest BCUT2D eigenvalue weighted by Gasteiger charge is 2.37. The van der Waals surface area contributed by atoms with Crippen LogP contribution in [0.3, 0.4) is 0 Å². The van der Waals surface area contributed by atoms with Gasteiger partial charge in [0.25, 0.3) is 0 Å². The Morgan fingerprint density at radius 3 is 2.44 bits per heavy atom. The van der Waals surface area contributed by atoms with Crippen molar-refractivity contribution in [1.82, 2.24) is 4.90 Å². The van der Waals surface area contributed by atoms with E-state index < -0.39 is 12.7 Å². The minimum absolute atomic E-state index is 0.0909. The lowest BCUT2D eigenvalue weighted by Gasteiger charge is -2.23. The maximum Gasteiger partial charge on any atom is 0.401 e. The third-order valence-corrected chi connectivity index (χ3v) is 3.06. The van der Waals surface area contributed by atoms with Gasteiger partial charge in [0.05, 0.1) is 6.54 Å². The molecular formula is C13H17F3N2. The molecule has 0 bridgehead atoms. The van der Waals surface area contributed by atoms with Gasteiger partial charge in [-0.2, -0.15) is 13.2 Å². The van der Waals surface area contributed by atoms with Crippen molar-refractivity contribution in [2.75, 3.05) is 6.54 Å². The summed E-state index contributed by atoms with van der Waals surface area (Å²) in [7, 11) is 0. The maximum absolute atomic E-state index is 12.5. The van der Waals surface area contributed by atoms with Crippen LogP contribution in [0, 0.1) is 0 Å². The summed E-state index contributed by atoms with van der Waals surface area (Å²) in [5.74, 6) is 0. The monoisotopic (exact) mass is 258 g/mol. The van der Waals surface area contributed by atoms with Crippen LogP contribution in [0.15, 0.2) is 24.3 Å². The number of hydrogen-bond donors (Lipinski definition) is 1. The molecule has 100 valence electrons. The molecule has 2 N–H and O–H groups in total. The first kappa shape index (κ1) is 13.4. The van der Waals surface area contributed by atoms with E-state index in [4.69, 9.17) is 5.73 Å². The Balaban J connectivity index is 2.03. The van der Waals surface area contributed by atoms with Gasteiger partial charge in [0.15, 0.2) is 0 Å². The minimum atomic E-state index is -4.13. The first-order chi connectivity index (χ1) is 8.48. The first-order valence-electron chi connectivity index (χ1n) is 6.06. The number of rotatable bonds is 5. The van der Waals surface area contributed by atoms with Crippen molar-refractivity contribution in [3.05, 3.63) is 35.4 Å². The van der Waals surface area contributed by atoms with E-state index in [1.165, 1.54) is 4.90 Å². The van der Waals surface area contributed by atoms with Crippen molar-refractivity contribution in [1.29, 1.82) is 0 Å². The summed E-state index contributed by atoms with van der Waals surface area (Å²) in [6, 6.07) is 7.55. The number of alkyl halides is 3. The topological polar surface area (TPSA) is 29.3 Å². The van der Waals surface area contributed by atoms with Gasteiger partial charge in [-0.05, 0) is 24.0 Å². The van der Waals surface area contributed by atoms with E-state index in [9.17, 15) is 13.2 Å². The number of nitrogens with two attached hydrogens (primary N) is 1. The van der Waals surface area contributed by atoms with Crippen LogP contribution >= 0.6 is 0 Å². The minimum Gasteiger partial charge on any atom is -0.326 e. The zero-order chi connectivity index (χ0) is 13.2. The van der Waals surface area contributed by atoms with Crippen molar-refractivity contribution in [2.45, 2.75) is 38.1 Å².